The number of halogens is 12. The molecule has 0 radical (unpaired) electrons. The number of anilines is 2. The molecule has 0 saturated heterocycles. The Bertz CT molecular complexity index is 1480. The Kier molecular flexibility index (Phi) is 9.11. The fraction of sp³-hybridized carbons (Fsp3) is 0.208. The third-order valence-electron chi connectivity index (χ3n) is 5.65. The molecule has 2 amide bonds. The summed E-state index contributed by atoms with van der Waals surface area (Å²) in [6.45, 7) is 0. The number of pyridine rings is 1. The van der Waals surface area contributed by atoms with E-state index in [1.807, 2.05) is 0 Å². The van der Waals surface area contributed by atoms with Gasteiger partial charge in [0.1, 0.15) is 5.15 Å². The molecule has 0 bridgehead atoms. The third-order valence-corrected chi connectivity index (χ3v) is 7.20. The van der Waals surface area contributed by atoms with Gasteiger partial charge in [-0.2, -0.15) is 35.1 Å². The van der Waals surface area contributed by atoms with E-state index in [2.05, 4.69) is 42.2 Å². The topological polar surface area (TPSA) is 62.3 Å². The van der Waals surface area contributed by atoms with E-state index in [0.29, 0.717) is 0 Å². The predicted molar refractivity (Wildman–Crippen MR) is 138 cm³/mol. The van der Waals surface area contributed by atoms with E-state index in [1.54, 1.807) is 0 Å². The van der Waals surface area contributed by atoms with Crippen molar-refractivity contribution >= 4 is 66.6 Å². The number of nitrogens with zero attached hydrogens (tertiary/aromatic N) is 2. The molecule has 0 spiro atoms. The maximum Gasteiger partial charge on any atom is 0.457 e. The minimum atomic E-state index is -6.90. The van der Waals surface area contributed by atoms with Gasteiger partial charge in [-0.25, -0.2) is 9.37 Å². The standard InChI is InChI=1S/C24H13Br2ClF9N3O2/c1-39(20(41)14-6-3-7-37-18(14)27)13-5-2-4-11(8-13)19(40)38-17-15(25)9-12(10-16(17)26)21(28,23(31,32)33)22(29,30)24(34,35)36/h2-10H,1H3,(H,38,40). The molecule has 1 unspecified atom stereocenters. The predicted octanol–water partition coefficient (Wildman–Crippen LogP) is 8.71. The minimum Gasteiger partial charge on any atom is -0.320 e. The molecule has 0 saturated carbocycles. The summed E-state index contributed by atoms with van der Waals surface area (Å²) in [6, 6.07) is 8.35. The van der Waals surface area contributed by atoms with E-state index in [4.69, 9.17) is 11.6 Å². The van der Waals surface area contributed by atoms with Crippen LogP contribution in [0.15, 0.2) is 63.7 Å². The van der Waals surface area contributed by atoms with Gasteiger partial charge >= 0.3 is 23.9 Å². The molecule has 1 atom stereocenters. The summed E-state index contributed by atoms with van der Waals surface area (Å²) < 4.78 is 120. The lowest BCUT2D eigenvalue weighted by Gasteiger charge is -2.36. The maximum absolute atomic E-state index is 14.9. The first kappa shape index (κ1) is 32.7. The first-order chi connectivity index (χ1) is 18.7. The number of rotatable bonds is 6. The molecule has 1 N–H and O–H groups in total. The van der Waals surface area contributed by atoms with E-state index in [1.165, 1.54) is 49.6 Å². The number of aromatic nitrogens is 1. The summed E-state index contributed by atoms with van der Waals surface area (Å²) in [5, 5.41) is 2.16. The normalized spacial score (nSPS) is 13.9. The highest BCUT2D eigenvalue weighted by Crippen LogP contribution is 2.59. The van der Waals surface area contributed by atoms with Crippen molar-refractivity contribution in [3.63, 3.8) is 0 Å². The lowest BCUT2D eigenvalue weighted by atomic mass is 9.87. The molecule has 0 aliphatic rings. The van der Waals surface area contributed by atoms with Gasteiger partial charge in [0, 0.05) is 39.0 Å². The molecule has 2 aromatic carbocycles. The fourth-order valence-electron chi connectivity index (χ4n) is 3.49. The van der Waals surface area contributed by atoms with Gasteiger partial charge in [0.2, 0.25) is 0 Å². The molecule has 1 aromatic heterocycles. The monoisotopic (exact) mass is 739 g/mol. The van der Waals surface area contributed by atoms with Crippen LogP contribution in [0.3, 0.4) is 0 Å². The van der Waals surface area contributed by atoms with Crippen LogP contribution >= 0.6 is 43.5 Å². The molecule has 17 heteroatoms. The number of hydrogen-bond acceptors (Lipinski definition) is 3. The van der Waals surface area contributed by atoms with E-state index < -0.39 is 56.0 Å². The Balaban J connectivity index is 1.96. The number of nitrogens with one attached hydrogen (secondary N) is 1. The van der Waals surface area contributed by atoms with Crippen molar-refractivity contribution in [3.8, 4) is 0 Å². The zero-order chi connectivity index (χ0) is 31.1. The van der Waals surface area contributed by atoms with E-state index in [-0.39, 0.29) is 34.1 Å². The second kappa shape index (κ2) is 11.4. The molecule has 0 aliphatic carbocycles. The van der Waals surface area contributed by atoms with Crippen LogP contribution in [-0.4, -0.2) is 42.1 Å². The van der Waals surface area contributed by atoms with Crippen LogP contribution in [-0.2, 0) is 5.67 Å². The van der Waals surface area contributed by atoms with Crippen LogP contribution in [0.4, 0.5) is 50.9 Å². The van der Waals surface area contributed by atoms with Crippen molar-refractivity contribution in [2.75, 3.05) is 17.3 Å². The Hall–Kier alpha value is -2.85. The summed E-state index contributed by atoms with van der Waals surface area (Å²) in [7, 11) is 1.37. The molecule has 0 aliphatic heterocycles. The van der Waals surface area contributed by atoms with Crippen LogP contribution in [0.25, 0.3) is 0 Å². The summed E-state index contributed by atoms with van der Waals surface area (Å²) in [4.78, 5) is 30.7. The van der Waals surface area contributed by atoms with E-state index >= 15 is 0 Å². The lowest BCUT2D eigenvalue weighted by molar-refractivity contribution is -0.389. The van der Waals surface area contributed by atoms with Gasteiger partial charge in [-0.3, -0.25) is 9.59 Å². The highest BCUT2D eigenvalue weighted by molar-refractivity contribution is 9.11. The number of carbonyl (C=O) groups is 2. The smallest absolute Gasteiger partial charge is 0.320 e. The number of alkyl halides is 9. The molecule has 3 rings (SSSR count). The fourth-order valence-corrected chi connectivity index (χ4v) is 5.08. The van der Waals surface area contributed by atoms with Gasteiger partial charge in [0.05, 0.1) is 11.3 Å². The zero-order valence-electron chi connectivity index (χ0n) is 19.9. The van der Waals surface area contributed by atoms with Crippen LogP contribution in [0.2, 0.25) is 5.15 Å². The molecular formula is C24H13Br2ClF9N3O2. The van der Waals surface area contributed by atoms with Gasteiger partial charge in [0.25, 0.3) is 11.8 Å². The van der Waals surface area contributed by atoms with Crippen LogP contribution in [0, 0.1) is 0 Å². The maximum atomic E-state index is 14.9. The Morgan fingerprint density at radius 1 is 0.878 bits per heavy atom. The molecule has 41 heavy (non-hydrogen) atoms. The Morgan fingerprint density at radius 2 is 1.46 bits per heavy atom. The molecular weight excluding hydrogens is 729 g/mol. The molecule has 5 nitrogen and oxygen atoms in total. The SMILES string of the molecule is CN(C(=O)c1cccnc1Cl)c1cccc(C(=O)Nc2c(Br)cc(C(F)(C(F)(F)F)C(F)(F)C(F)(F)F)cc2Br)c1. The lowest BCUT2D eigenvalue weighted by Crippen LogP contribution is -2.59. The van der Waals surface area contributed by atoms with Gasteiger partial charge in [0.15, 0.2) is 0 Å². The number of amides is 2. The van der Waals surface area contributed by atoms with Gasteiger partial charge in [-0.15, -0.1) is 0 Å². The summed E-state index contributed by atoms with van der Waals surface area (Å²) in [5.41, 5.74) is -8.54. The van der Waals surface area contributed by atoms with Crippen molar-refractivity contribution in [2.45, 2.75) is 23.9 Å². The molecule has 1 heterocycles. The first-order valence-corrected chi connectivity index (χ1v) is 12.7. The Labute approximate surface area is 246 Å². The van der Waals surface area contributed by atoms with Gasteiger partial charge < -0.3 is 10.2 Å². The molecule has 3 aromatic rings. The van der Waals surface area contributed by atoms with Gasteiger partial charge in [-0.1, -0.05) is 17.7 Å². The average molecular weight is 742 g/mol. The van der Waals surface area contributed by atoms with E-state index in [0.717, 1.165) is 4.90 Å². The molecule has 220 valence electrons. The Morgan fingerprint density at radius 3 is 1.98 bits per heavy atom. The third kappa shape index (κ3) is 6.04. The first-order valence-electron chi connectivity index (χ1n) is 10.7. The quantitative estimate of drug-likeness (QED) is 0.203. The number of carbonyl (C=O) groups excluding carboxylic acids is 2. The minimum absolute atomic E-state index is 0.0496. The second-order valence-corrected chi connectivity index (χ2v) is 10.3. The second-order valence-electron chi connectivity index (χ2n) is 8.25. The number of benzene rings is 2. The average Bonchev–Trinajstić information content (AvgIpc) is 2.88. The van der Waals surface area contributed by atoms with E-state index in [9.17, 15) is 49.1 Å². The van der Waals surface area contributed by atoms with Crippen molar-refractivity contribution in [1.82, 2.24) is 4.98 Å². The summed E-state index contributed by atoms with van der Waals surface area (Å²) >= 11 is 11.3. The number of hydrogen-bond donors (Lipinski definition) is 1. The largest absolute Gasteiger partial charge is 0.457 e. The van der Waals surface area contributed by atoms with Crippen molar-refractivity contribution < 1.29 is 49.1 Å². The molecule has 0 fully saturated rings. The summed E-state index contributed by atoms with van der Waals surface area (Å²) in [6.07, 6.45) is -12.2. The van der Waals surface area contributed by atoms with Crippen LogP contribution in [0.5, 0.6) is 0 Å². The van der Waals surface area contributed by atoms with Crippen molar-refractivity contribution in [1.29, 1.82) is 0 Å². The van der Waals surface area contributed by atoms with Crippen molar-refractivity contribution in [2.24, 2.45) is 0 Å². The highest BCUT2D eigenvalue weighted by atomic mass is 79.9. The summed E-state index contributed by atoms with van der Waals surface area (Å²) in [5.74, 6) is -8.40. The zero-order valence-corrected chi connectivity index (χ0v) is 23.9. The van der Waals surface area contributed by atoms with Gasteiger partial charge in [-0.05, 0) is 74.3 Å². The van der Waals surface area contributed by atoms with Crippen molar-refractivity contribution in [3.05, 3.63) is 85.5 Å². The highest BCUT2D eigenvalue weighted by Gasteiger charge is 2.81. The van der Waals surface area contributed by atoms with Crippen LogP contribution < -0.4 is 10.2 Å². The van der Waals surface area contributed by atoms with Crippen LogP contribution in [0.1, 0.15) is 26.3 Å².